The maximum absolute atomic E-state index is 12.8. The zero-order valence-electron chi connectivity index (χ0n) is 19.6. The van der Waals surface area contributed by atoms with Gasteiger partial charge in [0.25, 0.3) is 5.91 Å². The first-order chi connectivity index (χ1) is 17.3. The highest BCUT2D eigenvalue weighted by molar-refractivity contribution is 7.80. The summed E-state index contributed by atoms with van der Waals surface area (Å²) in [5.74, 6) is -0.564. The van der Waals surface area contributed by atoms with Crippen LogP contribution in [0.15, 0.2) is 52.9 Å². The van der Waals surface area contributed by atoms with Gasteiger partial charge in [0.2, 0.25) is 0 Å². The van der Waals surface area contributed by atoms with Crippen molar-refractivity contribution in [2.24, 2.45) is 0 Å². The minimum absolute atomic E-state index is 0.0489. The van der Waals surface area contributed by atoms with Crippen molar-refractivity contribution in [2.45, 2.75) is 0 Å². The highest BCUT2D eigenvalue weighted by Gasteiger charge is 2.21. The number of amides is 1. The maximum atomic E-state index is 12.8. The highest BCUT2D eigenvalue weighted by Crippen LogP contribution is 2.34. The Morgan fingerprint density at radius 2 is 1.81 bits per heavy atom. The second kappa shape index (κ2) is 11.3. The van der Waals surface area contributed by atoms with Crippen LogP contribution in [-0.2, 0) is 4.74 Å². The van der Waals surface area contributed by atoms with Gasteiger partial charge in [-0.3, -0.25) is 10.1 Å². The third kappa shape index (κ3) is 5.82. The minimum Gasteiger partial charge on any atom is -0.465 e. The molecule has 0 unspecified atom stereocenters. The van der Waals surface area contributed by atoms with E-state index in [0.717, 1.165) is 31.9 Å². The van der Waals surface area contributed by atoms with Crippen molar-refractivity contribution in [1.29, 1.82) is 0 Å². The number of furan rings is 1. The Bertz CT molecular complexity index is 1300. The van der Waals surface area contributed by atoms with Gasteiger partial charge in [-0.25, -0.2) is 4.79 Å². The predicted molar refractivity (Wildman–Crippen MR) is 145 cm³/mol. The molecule has 1 amide bonds. The Labute approximate surface area is 224 Å². The molecule has 2 heterocycles. The van der Waals surface area contributed by atoms with E-state index in [4.69, 9.17) is 44.6 Å². The molecule has 8 nitrogen and oxygen atoms in total. The molecule has 11 heteroatoms. The van der Waals surface area contributed by atoms with Crippen LogP contribution in [0.25, 0.3) is 11.3 Å². The third-order valence-corrected chi connectivity index (χ3v) is 6.81. The van der Waals surface area contributed by atoms with Crippen LogP contribution in [0.1, 0.15) is 20.9 Å². The highest BCUT2D eigenvalue weighted by atomic mass is 35.5. The number of rotatable bonds is 5. The Kier molecular flexibility index (Phi) is 8.15. The second-order valence-electron chi connectivity index (χ2n) is 8.19. The van der Waals surface area contributed by atoms with Crippen LogP contribution in [0.4, 0.5) is 11.4 Å². The molecule has 0 saturated carbocycles. The zero-order chi connectivity index (χ0) is 25.8. The van der Waals surface area contributed by atoms with E-state index >= 15 is 0 Å². The molecule has 4 rings (SSSR count). The van der Waals surface area contributed by atoms with E-state index in [1.54, 1.807) is 36.4 Å². The Morgan fingerprint density at radius 1 is 1.06 bits per heavy atom. The monoisotopic (exact) mass is 546 g/mol. The Hall–Kier alpha value is -3.11. The molecule has 0 atom stereocenters. The normalized spacial score (nSPS) is 13.8. The lowest BCUT2D eigenvalue weighted by Crippen LogP contribution is -2.45. The topological polar surface area (TPSA) is 87.0 Å². The first-order valence-corrected chi connectivity index (χ1v) is 12.3. The summed E-state index contributed by atoms with van der Waals surface area (Å²) in [6, 6.07) is 13.5. The van der Waals surface area contributed by atoms with Crippen molar-refractivity contribution in [3.8, 4) is 11.3 Å². The summed E-state index contributed by atoms with van der Waals surface area (Å²) in [7, 11) is 3.39. The van der Waals surface area contributed by atoms with Gasteiger partial charge in [0, 0.05) is 31.7 Å². The number of nitrogens with one attached hydrogen (secondary N) is 2. The van der Waals surface area contributed by atoms with Crippen molar-refractivity contribution in [3.05, 3.63) is 69.9 Å². The SMILES string of the molecule is COC(=O)c1ccc(N2CCN(C)CC2)c(NC(=S)NC(=O)c2ccc(-c3cccc(Cl)c3Cl)o2)c1. The third-order valence-electron chi connectivity index (χ3n) is 5.78. The van der Waals surface area contributed by atoms with Gasteiger partial charge in [0.15, 0.2) is 10.9 Å². The van der Waals surface area contributed by atoms with E-state index in [9.17, 15) is 9.59 Å². The number of likely N-dealkylation sites (N-methyl/N-ethyl adjacent to an activating group) is 1. The summed E-state index contributed by atoms with van der Waals surface area (Å²) in [5.41, 5.74) is 2.38. The number of hydrogen-bond acceptors (Lipinski definition) is 7. The number of benzene rings is 2. The van der Waals surface area contributed by atoms with E-state index in [1.165, 1.54) is 13.2 Å². The van der Waals surface area contributed by atoms with E-state index in [1.807, 2.05) is 6.07 Å². The van der Waals surface area contributed by atoms with Crippen molar-refractivity contribution < 1.29 is 18.7 Å². The number of methoxy groups -OCH3 is 1. The average molecular weight is 547 g/mol. The summed E-state index contributed by atoms with van der Waals surface area (Å²) in [5, 5.41) is 6.44. The van der Waals surface area contributed by atoms with Crippen LogP contribution in [-0.4, -0.2) is 62.2 Å². The average Bonchev–Trinajstić information content (AvgIpc) is 3.36. The number of thiocarbonyl (C=S) groups is 1. The van der Waals surface area contributed by atoms with Crippen molar-refractivity contribution in [2.75, 3.05) is 50.6 Å². The molecule has 2 aromatic carbocycles. The maximum Gasteiger partial charge on any atom is 0.337 e. The quantitative estimate of drug-likeness (QED) is 0.344. The van der Waals surface area contributed by atoms with Gasteiger partial charge in [-0.15, -0.1) is 0 Å². The van der Waals surface area contributed by atoms with Crippen molar-refractivity contribution in [1.82, 2.24) is 10.2 Å². The van der Waals surface area contributed by atoms with Crippen molar-refractivity contribution in [3.63, 3.8) is 0 Å². The Balaban J connectivity index is 1.50. The molecule has 3 aromatic rings. The van der Waals surface area contributed by atoms with Gasteiger partial charge in [0.1, 0.15) is 5.76 Å². The summed E-state index contributed by atoms with van der Waals surface area (Å²) in [6.07, 6.45) is 0. The van der Waals surface area contributed by atoms with Gasteiger partial charge in [-0.1, -0.05) is 29.3 Å². The van der Waals surface area contributed by atoms with E-state index in [0.29, 0.717) is 32.6 Å². The molecule has 2 N–H and O–H groups in total. The fourth-order valence-electron chi connectivity index (χ4n) is 3.82. The summed E-state index contributed by atoms with van der Waals surface area (Å²) in [6.45, 7) is 3.42. The van der Waals surface area contributed by atoms with E-state index in [-0.39, 0.29) is 10.9 Å². The number of esters is 1. The number of halogens is 2. The number of ether oxygens (including phenoxy) is 1. The van der Waals surface area contributed by atoms with Crippen molar-refractivity contribution >= 4 is 63.8 Å². The molecular weight excluding hydrogens is 523 g/mol. The first kappa shape index (κ1) is 26.0. The van der Waals surface area contributed by atoms with Gasteiger partial charge in [-0.05, 0) is 61.7 Å². The molecule has 0 spiro atoms. The number of carbonyl (C=O) groups excluding carboxylic acids is 2. The van der Waals surface area contributed by atoms with Gasteiger partial charge < -0.3 is 24.3 Å². The lowest BCUT2D eigenvalue weighted by molar-refractivity contribution is 0.0600. The molecule has 1 aromatic heterocycles. The van der Waals surface area contributed by atoms with E-state index < -0.39 is 11.9 Å². The molecule has 188 valence electrons. The molecule has 0 aliphatic carbocycles. The van der Waals surface area contributed by atoms with E-state index in [2.05, 4.69) is 27.5 Å². The molecule has 1 saturated heterocycles. The molecule has 0 radical (unpaired) electrons. The lowest BCUT2D eigenvalue weighted by Gasteiger charge is -2.35. The molecule has 1 aliphatic heterocycles. The fraction of sp³-hybridized carbons (Fsp3) is 0.240. The number of anilines is 2. The second-order valence-corrected chi connectivity index (χ2v) is 9.38. The van der Waals surface area contributed by atoms with Crippen LogP contribution in [0.3, 0.4) is 0 Å². The number of nitrogens with zero attached hydrogens (tertiary/aromatic N) is 2. The van der Waals surface area contributed by atoms with Crippen LogP contribution >= 0.6 is 35.4 Å². The number of carbonyl (C=O) groups is 2. The summed E-state index contributed by atoms with van der Waals surface area (Å²) >= 11 is 17.7. The van der Waals surface area contributed by atoms with Gasteiger partial charge >= 0.3 is 5.97 Å². The first-order valence-electron chi connectivity index (χ1n) is 11.1. The minimum atomic E-state index is -0.540. The fourth-order valence-corrected chi connectivity index (χ4v) is 4.42. The Morgan fingerprint density at radius 3 is 2.53 bits per heavy atom. The molecule has 36 heavy (non-hydrogen) atoms. The molecular formula is C25H24Cl2N4O4S. The molecule has 0 bridgehead atoms. The predicted octanol–water partition coefficient (Wildman–Crippen LogP) is 4.92. The van der Waals surface area contributed by atoms with Gasteiger partial charge in [-0.2, -0.15) is 0 Å². The van der Waals surface area contributed by atoms with Crippen LogP contribution in [0.2, 0.25) is 10.0 Å². The number of piperazine rings is 1. The van der Waals surface area contributed by atoms with Crippen LogP contribution in [0.5, 0.6) is 0 Å². The summed E-state index contributed by atoms with van der Waals surface area (Å²) < 4.78 is 10.5. The lowest BCUT2D eigenvalue weighted by atomic mass is 10.1. The molecule has 1 aliphatic rings. The van der Waals surface area contributed by atoms with Crippen LogP contribution < -0.4 is 15.5 Å². The molecule has 1 fully saturated rings. The number of hydrogen-bond donors (Lipinski definition) is 2. The standard InChI is InChI=1S/C25H24Cl2N4O4S/c1-30-10-12-31(13-11-30)19-7-6-15(24(33)34-2)14-18(19)28-25(36)29-23(32)21-9-8-20(35-21)16-4-3-5-17(26)22(16)27/h3-9,14H,10-13H2,1-2H3,(H2,28,29,32,36). The summed E-state index contributed by atoms with van der Waals surface area (Å²) in [4.78, 5) is 29.3. The smallest absolute Gasteiger partial charge is 0.337 e. The zero-order valence-corrected chi connectivity index (χ0v) is 22.0. The largest absolute Gasteiger partial charge is 0.465 e. The van der Waals surface area contributed by atoms with Gasteiger partial charge in [0.05, 0.1) is 34.1 Å². The van der Waals surface area contributed by atoms with Crippen LogP contribution in [0, 0.1) is 0 Å².